The second kappa shape index (κ2) is 12.7. The smallest absolute Gasteiger partial charge is 0.534 e. The maximum absolute atomic E-state index is 12.6. The highest BCUT2D eigenvalue weighted by molar-refractivity contribution is 6.47. The van der Waals surface area contributed by atoms with Crippen LogP contribution in [0.15, 0.2) is 24.4 Å². The molecular formula is C23H31BN6O8. The number of nitrogens with one attached hydrogen (secondary N) is 3. The molecule has 1 aromatic carbocycles. The molecule has 0 radical (unpaired) electrons. The Labute approximate surface area is 219 Å². The Kier molecular flexibility index (Phi) is 9.15. The molecular weight excluding hydrogens is 499 g/mol. The number of hydrogen-bond donors (Lipinski definition) is 4. The number of carbonyl (C=O) groups excluding carboxylic acids is 3. The van der Waals surface area contributed by atoms with Gasteiger partial charge in [0.15, 0.2) is 0 Å². The summed E-state index contributed by atoms with van der Waals surface area (Å²) in [7, 11) is -1.41. The first-order valence-corrected chi connectivity index (χ1v) is 12.4. The third kappa shape index (κ3) is 7.43. The summed E-state index contributed by atoms with van der Waals surface area (Å²) in [5.41, 5.74) is 1.36. The summed E-state index contributed by atoms with van der Waals surface area (Å²) in [5.74, 6) is -1.82. The normalized spacial score (nSPS) is 18.5. The Morgan fingerprint density at radius 2 is 2.16 bits per heavy atom. The number of aromatic nitrogens is 3. The van der Waals surface area contributed by atoms with Crippen LogP contribution in [0.3, 0.4) is 0 Å². The number of esters is 1. The van der Waals surface area contributed by atoms with Crippen LogP contribution in [0.1, 0.15) is 41.9 Å². The Morgan fingerprint density at radius 1 is 1.32 bits per heavy atom. The van der Waals surface area contributed by atoms with Gasteiger partial charge in [0.25, 0.3) is 0 Å². The molecule has 0 spiro atoms. The lowest BCUT2D eigenvalue weighted by molar-refractivity contribution is -0.122. The molecule has 2 aromatic rings. The van der Waals surface area contributed by atoms with E-state index in [0.29, 0.717) is 18.2 Å². The lowest BCUT2D eigenvalue weighted by atomic mass is 9.72. The van der Waals surface area contributed by atoms with Gasteiger partial charge in [-0.05, 0) is 44.9 Å². The van der Waals surface area contributed by atoms with Gasteiger partial charge in [-0.3, -0.25) is 4.79 Å². The Bertz CT molecular complexity index is 1140. The Hall–Kier alpha value is -3.69. The van der Waals surface area contributed by atoms with Crippen molar-refractivity contribution < 1.29 is 38.3 Å². The summed E-state index contributed by atoms with van der Waals surface area (Å²) in [4.78, 5) is 36.5. The summed E-state index contributed by atoms with van der Waals surface area (Å²) < 4.78 is 21.5. The predicted molar refractivity (Wildman–Crippen MR) is 132 cm³/mol. The number of carbonyl (C=O) groups is 3. The van der Waals surface area contributed by atoms with E-state index in [9.17, 15) is 19.4 Å². The van der Waals surface area contributed by atoms with E-state index >= 15 is 0 Å². The average molecular weight is 530 g/mol. The molecule has 4 rings (SSSR count). The van der Waals surface area contributed by atoms with Crippen LogP contribution in [0.4, 0.5) is 4.79 Å². The van der Waals surface area contributed by atoms with Gasteiger partial charge in [0.1, 0.15) is 17.9 Å². The van der Waals surface area contributed by atoms with Gasteiger partial charge in [-0.15, -0.1) is 5.10 Å². The van der Waals surface area contributed by atoms with E-state index in [-0.39, 0.29) is 36.3 Å². The zero-order valence-corrected chi connectivity index (χ0v) is 21.2. The van der Waals surface area contributed by atoms with E-state index in [2.05, 4.69) is 26.3 Å². The molecule has 1 amide bonds. The molecule has 0 aliphatic carbocycles. The van der Waals surface area contributed by atoms with E-state index in [1.807, 2.05) is 0 Å². The van der Waals surface area contributed by atoms with Gasteiger partial charge in [-0.25, -0.2) is 14.3 Å². The summed E-state index contributed by atoms with van der Waals surface area (Å²) in [5, 5.41) is 28.0. The second-order valence-corrected chi connectivity index (χ2v) is 9.27. The van der Waals surface area contributed by atoms with Crippen molar-refractivity contribution in [2.24, 2.45) is 0 Å². The van der Waals surface area contributed by atoms with Crippen LogP contribution >= 0.6 is 0 Å². The van der Waals surface area contributed by atoms with Crippen LogP contribution < -0.4 is 20.6 Å². The number of fused-ring (bicyclic) bond motifs is 1. The maximum atomic E-state index is 12.6. The van der Waals surface area contributed by atoms with Crippen molar-refractivity contribution in [2.45, 2.75) is 57.9 Å². The van der Waals surface area contributed by atoms with Gasteiger partial charge < -0.3 is 39.8 Å². The molecule has 4 N–H and O–H groups in total. The number of hydrogen-bond acceptors (Lipinski definition) is 12. The molecule has 2 atom stereocenters. The highest BCUT2D eigenvalue weighted by Crippen LogP contribution is 2.30. The van der Waals surface area contributed by atoms with Gasteiger partial charge >= 0.3 is 19.2 Å². The van der Waals surface area contributed by atoms with E-state index in [4.69, 9.17) is 18.9 Å². The first-order valence-electron chi connectivity index (χ1n) is 12.4. The van der Waals surface area contributed by atoms with Crippen LogP contribution in [-0.4, -0.2) is 83.1 Å². The van der Waals surface area contributed by atoms with Crippen molar-refractivity contribution in [1.29, 1.82) is 0 Å². The van der Waals surface area contributed by atoms with Crippen molar-refractivity contribution in [2.75, 3.05) is 19.9 Å². The summed E-state index contributed by atoms with van der Waals surface area (Å²) in [6.45, 7) is 5.04. The Balaban J connectivity index is 1.28. The molecule has 1 fully saturated rings. The molecule has 15 heteroatoms. The molecule has 204 valence electrons. The SMILES string of the molecule is CC(C)OC(=O)OCOC(=O)c1cccc2c1OB(O)[C@@H](NC(=O)Cn1cc(CN[C@H]3CCNC3)nn1)C2. The zero-order chi connectivity index (χ0) is 27.1. The number of para-hydroxylation sites is 1. The number of rotatable bonds is 10. The predicted octanol–water partition coefficient (Wildman–Crippen LogP) is -0.455. The lowest BCUT2D eigenvalue weighted by Crippen LogP contribution is -2.53. The summed E-state index contributed by atoms with van der Waals surface area (Å²) >= 11 is 0. The third-order valence-electron chi connectivity index (χ3n) is 5.91. The van der Waals surface area contributed by atoms with E-state index in [1.165, 1.54) is 10.7 Å². The van der Waals surface area contributed by atoms with Gasteiger partial charge in [0.2, 0.25) is 12.7 Å². The van der Waals surface area contributed by atoms with Gasteiger partial charge in [-0.1, -0.05) is 17.3 Å². The molecule has 0 bridgehead atoms. The summed E-state index contributed by atoms with van der Waals surface area (Å²) in [6, 6.07) is 5.18. The van der Waals surface area contributed by atoms with E-state index in [0.717, 1.165) is 25.2 Å². The monoisotopic (exact) mass is 530 g/mol. The molecule has 2 aliphatic heterocycles. The summed E-state index contributed by atoms with van der Waals surface area (Å²) in [6.07, 6.45) is 1.62. The minimum Gasteiger partial charge on any atom is -0.534 e. The van der Waals surface area contributed by atoms with Crippen LogP contribution in [0, 0.1) is 0 Å². The van der Waals surface area contributed by atoms with Gasteiger partial charge in [0, 0.05) is 19.1 Å². The van der Waals surface area contributed by atoms with Crippen molar-refractivity contribution >= 4 is 25.2 Å². The molecule has 38 heavy (non-hydrogen) atoms. The van der Waals surface area contributed by atoms with Crippen molar-refractivity contribution in [3.63, 3.8) is 0 Å². The van der Waals surface area contributed by atoms with E-state index in [1.54, 1.807) is 32.2 Å². The molecule has 14 nitrogen and oxygen atoms in total. The minimum absolute atomic E-state index is 0.0456. The highest BCUT2D eigenvalue weighted by Gasteiger charge is 2.38. The van der Waals surface area contributed by atoms with E-state index < -0.39 is 32.0 Å². The number of amides is 1. The van der Waals surface area contributed by atoms with Crippen LogP contribution in [0.25, 0.3) is 0 Å². The fourth-order valence-corrected chi connectivity index (χ4v) is 4.12. The third-order valence-corrected chi connectivity index (χ3v) is 5.91. The van der Waals surface area contributed by atoms with Crippen LogP contribution in [-0.2, 0) is 38.5 Å². The van der Waals surface area contributed by atoms with Gasteiger partial charge in [-0.2, -0.15) is 0 Å². The van der Waals surface area contributed by atoms with Crippen molar-refractivity contribution in [3.8, 4) is 5.75 Å². The molecule has 3 heterocycles. The molecule has 0 unspecified atom stereocenters. The molecule has 1 aromatic heterocycles. The van der Waals surface area contributed by atoms with Gasteiger partial charge in [0.05, 0.1) is 23.9 Å². The minimum atomic E-state index is -1.41. The van der Waals surface area contributed by atoms with Crippen molar-refractivity contribution in [1.82, 2.24) is 30.9 Å². The zero-order valence-electron chi connectivity index (χ0n) is 21.2. The highest BCUT2D eigenvalue weighted by atomic mass is 16.8. The Morgan fingerprint density at radius 3 is 2.92 bits per heavy atom. The molecule has 0 saturated carbocycles. The lowest BCUT2D eigenvalue weighted by Gasteiger charge is -2.29. The standard InChI is InChI=1S/C23H31BN6O8/c1-14(2)37-23(33)36-13-35-22(32)18-5-3-4-15-8-19(24(34)38-21(15)18)27-20(31)12-30-11-17(28-29-30)10-26-16-6-7-25-9-16/h3-5,11,14,16,19,25-26,34H,6-10,12-13H2,1-2H3,(H,27,31)/t16-,19-/m0/s1. The maximum Gasteiger partial charge on any atom is 0.547 e. The van der Waals surface area contributed by atoms with Crippen molar-refractivity contribution in [3.05, 3.63) is 41.2 Å². The average Bonchev–Trinajstić information content (AvgIpc) is 3.54. The van der Waals surface area contributed by atoms with Crippen LogP contribution in [0.2, 0.25) is 0 Å². The second-order valence-electron chi connectivity index (χ2n) is 9.27. The first kappa shape index (κ1) is 27.4. The number of ether oxygens (including phenoxy) is 3. The first-order chi connectivity index (χ1) is 18.3. The fourth-order valence-electron chi connectivity index (χ4n) is 4.12. The number of benzene rings is 1. The fraction of sp³-hybridized carbons (Fsp3) is 0.522. The topological polar surface area (TPSA) is 175 Å². The van der Waals surface area contributed by atoms with Crippen LogP contribution in [0.5, 0.6) is 5.75 Å². The largest absolute Gasteiger partial charge is 0.547 e. The molecule has 1 saturated heterocycles. The quantitative estimate of drug-likeness (QED) is 0.177. The molecule has 2 aliphatic rings. The number of nitrogens with zero attached hydrogens (tertiary/aromatic N) is 3.